The van der Waals surface area contributed by atoms with Crippen LogP contribution in [0.3, 0.4) is 0 Å². The van der Waals surface area contributed by atoms with Crippen LogP contribution in [0.4, 0.5) is 0 Å². The van der Waals surface area contributed by atoms with Crippen molar-refractivity contribution in [1.29, 1.82) is 0 Å². The molecule has 2 aromatic rings. The van der Waals surface area contributed by atoms with Gasteiger partial charge in [0.2, 0.25) is 0 Å². The molecule has 1 amide bonds. The molecule has 21 heavy (non-hydrogen) atoms. The van der Waals surface area contributed by atoms with Gasteiger partial charge < -0.3 is 15.4 Å². The number of hydrogen-bond acceptors (Lipinski definition) is 5. The van der Waals surface area contributed by atoms with Crippen LogP contribution in [0, 0.1) is 0 Å². The summed E-state index contributed by atoms with van der Waals surface area (Å²) in [6.07, 6.45) is 4.74. The van der Waals surface area contributed by atoms with Gasteiger partial charge in [-0.1, -0.05) is 11.8 Å². The van der Waals surface area contributed by atoms with Gasteiger partial charge in [0.25, 0.3) is 5.91 Å². The van der Waals surface area contributed by atoms with E-state index in [2.05, 4.69) is 20.3 Å². The number of thioether (sulfide) groups is 1. The van der Waals surface area contributed by atoms with Crippen LogP contribution in [0.25, 0.3) is 11.0 Å². The summed E-state index contributed by atoms with van der Waals surface area (Å²) in [7, 11) is 0. The Balaban J connectivity index is 1.56. The van der Waals surface area contributed by atoms with Gasteiger partial charge in [-0.3, -0.25) is 9.79 Å². The van der Waals surface area contributed by atoms with Crippen LogP contribution in [0.15, 0.2) is 29.5 Å². The lowest BCUT2D eigenvalue weighted by atomic mass is 10.1. The Morgan fingerprint density at radius 3 is 3.19 bits per heavy atom. The van der Waals surface area contributed by atoms with E-state index in [9.17, 15) is 9.90 Å². The van der Waals surface area contributed by atoms with E-state index in [1.807, 2.05) is 18.3 Å². The molecule has 2 aliphatic rings. The van der Waals surface area contributed by atoms with Crippen LogP contribution < -0.4 is 5.32 Å². The maximum atomic E-state index is 11.8. The largest absolute Gasteiger partial charge is 0.380 e. The summed E-state index contributed by atoms with van der Waals surface area (Å²) < 4.78 is 0. The van der Waals surface area contributed by atoms with Crippen molar-refractivity contribution in [1.82, 2.24) is 15.3 Å². The van der Waals surface area contributed by atoms with E-state index < -0.39 is 5.60 Å². The average molecular weight is 302 g/mol. The summed E-state index contributed by atoms with van der Waals surface area (Å²) in [5.74, 6) is 0.436. The van der Waals surface area contributed by atoms with Crippen molar-refractivity contribution in [3.05, 3.63) is 30.1 Å². The first-order valence-electron chi connectivity index (χ1n) is 6.82. The number of aromatic nitrogens is 2. The van der Waals surface area contributed by atoms with Gasteiger partial charge in [0.05, 0.1) is 6.04 Å². The number of nitrogens with zero attached hydrogens (tertiary/aromatic N) is 2. The van der Waals surface area contributed by atoms with Crippen LogP contribution in [0.1, 0.15) is 24.4 Å². The van der Waals surface area contributed by atoms with Gasteiger partial charge in [0, 0.05) is 29.1 Å². The number of carbonyl (C=O) groups is 1. The van der Waals surface area contributed by atoms with Crippen LogP contribution in [0.2, 0.25) is 0 Å². The topological polar surface area (TPSA) is 90.4 Å². The lowest BCUT2D eigenvalue weighted by Gasteiger charge is -2.07. The molecule has 3 heterocycles. The van der Waals surface area contributed by atoms with Crippen LogP contribution in [0.5, 0.6) is 0 Å². The zero-order valence-electron chi connectivity index (χ0n) is 11.2. The van der Waals surface area contributed by atoms with Gasteiger partial charge in [0.1, 0.15) is 11.2 Å². The van der Waals surface area contributed by atoms with Gasteiger partial charge >= 0.3 is 0 Å². The summed E-state index contributed by atoms with van der Waals surface area (Å²) in [5, 5.41) is 14.1. The standard InChI is InChI=1S/C14H14N4O2S/c19-12(14(20)3-4-14)18-13-17-10(7-21-13)9-6-16-11-8(9)2-1-5-15-11/h1-2,5-6,10,20H,3-4,7H2,(H,15,16)(H,17,18,19). The molecule has 4 rings (SSSR count). The van der Waals surface area contributed by atoms with Gasteiger partial charge in [-0.05, 0) is 25.0 Å². The van der Waals surface area contributed by atoms with E-state index in [0.717, 1.165) is 22.3 Å². The van der Waals surface area contributed by atoms with Crippen molar-refractivity contribution >= 4 is 33.9 Å². The van der Waals surface area contributed by atoms with Crippen LogP contribution in [-0.4, -0.2) is 37.5 Å². The Bertz CT molecular complexity index is 750. The van der Waals surface area contributed by atoms with Crippen molar-refractivity contribution in [2.24, 2.45) is 4.99 Å². The molecule has 0 radical (unpaired) electrons. The molecule has 3 N–H and O–H groups in total. The van der Waals surface area contributed by atoms with Crippen molar-refractivity contribution < 1.29 is 9.90 Å². The number of fused-ring (bicyclic) bond motifs is 1. The van der Waals surface area contributed by atoms with E-state index in [-0.39, 0.29) is 11.9 Å². The molecule has 1 aliphatic carbocycles. The first-order valence-corrected chi connectivity index (χ1v) is 7.81. The third kappa shape index (κ3) is 2.22. The number of aliphatic imine (C=N–C) groups is 1. The highest BCUT2D eigenvalue weighted by atomic mass is 32.2. The molecule has 108 valence electrons. The molecule has 1 saturated carbocycles. The zero-order chi connectivity index (χ0) is 14.4. The minimum atomic E-state index is -1.16. The predicted octanol–water partition coefficient (Wildman–Crippen LogP) is 1.35. The molecule has 2 aromatic heterocycles. The fourth-order valence-electron chi connectivity index (χ4n) is 2.41. The van der Waals surface area contributed by atoms with Crippen LogP contribution >= 0.6 is 11.8 Å². The lowest BCUT2D eigenvalue weighted by Crippen LogP contribution is -2.38. The molecule has 1 atom stereocenters. The number of aromatic amines is 1. The van der Waals surface area contributed by atoms with Gasteiger partial charge in [-0.25, -0.2) is 4.98 Å². The Kier molecular flexibility index (Phi) is 2.80. The van der Waals surface area contributed by atoms with Gasteiger partial charge in [-0.2, -0.15) is 0 Å². The van der Waals surface area contributed by atoms with E-state index in [0.29, 0.717) is 18.0 Å². The fraction of sp³-hybridized carbons (Fsp3) is 0.357. The third-order valence-electron chi connectivity index (χ3n) is 3.86. The van der Waals surface area contributed by atoms with Crippen LogP contribution in [-0.2, 0) is 4.79 Å². The maximum Gasteiger partial charge on any atom is 0.257 e. The van der Waals surface area contributed by atoms with E-state index in [1.54, 1.807) is 6.20 Å². The molecule has 6 nitrogen and oxygen atoms in total. The number of pyridine rings is 1. The summed E-state index contributed by atoms with van der Waals surface area (Å²) in [4.78, 5) is 23.8. The third-order valence-corrected chi connectivity index (χ3v) is 4.82. The second-order valence-corrected chi connectivity index (χ2v) is 6.40. The number of amidine groups is 1. The van der Waals surface area contributed by atoms with Gasteiger partial charge in [0.15, 0.2) is 5.17 Å². The van der Waals surface area contributed by atoms with Gasteiger partial charge in [-0.15, -0.1) is 0 Å². The number of rotatable bonds is 2. The zero-order valence-corrected chi connectivity index (χ0v) is 12.0. The highest BCUT2D eigenvalue weighted by Gasteiger charge is 2.48. The maximum absolute atomic E-state index is 11.8. The second-order valence-electron chi connectivity index (χ2n) is 5.39. The summed E-state index contributed by atoms with van der Waals surface area (Å²) in [5.41, 5.74) is 0.767. The van der Waals surface area contributed by atoms with E-state index in [4.69, 9.17) is 0 Å². The van der Waals surface area contributed by atoms with Crippen molar-refractivity contribution in [3.63, 3.8) is 0 Å². The Hall–Kier alpha value is -1.86. The summed E-state index contributed by atoms with van der Waals surface area (Å²) in [6.45, 7) is 0. The smallest absolute Gasteiger partial charge is 0.257 e. The molecule has 1 fully saturated rings. The Morgan fingerprint density at radius 1 is 1.52 bits per heavy atom. The Morgan fingerprint density at radius 2 is 2.38 bits per heavy atom. The molecule has 0 bridgehead atoms. The fourth-order valence-corrected chi connectivity index (χ4v) is 3.35. The monoisotopic (exact) mass is 302 g/mol. The quantitative estimate of drug-likeness (QED) is 0.781. The first kappa shape index (κ1) is 12.8. The van der Waals surface area contributed by atoms with E-state index >= 15 is 0 Å². The summed E-state index contributed by atoms with van der Waals surface area (Å²) in [6, 6.07) is 3.91. The average Bonchev–Trinajstić information content (AvgIpc) is 2.91. The Labute approximate surface area is 125 Å². The molecular weight excluding hydrogens is 288 g/mol. The molecule has 7 heteroatoms. The number of nitrogens with one attached hydrogen (secondary N) is 2. The van der Waals surface area contributed by atoms with Crippen molar-refractivity contribution in [2.45, 2.75) is 24.5 Å². The molecule has 0 spiro atoms. The molecule has 1 unspecified atom stereocenters. The number of hydrogen-bond donors (Lipinski definition) is 3. The number of H-pyrrole nitrogens is 1. The molecule has 1 aliphatic heterocycles. The first-order chi connectivity index (χ1) is 10.2. The normalized spacial score (nSPS) is 23.1. The number of carbonyl (C=O) groups excluding carboxylic acids is 1. The minimum Gasteiger partial charge on any atom is -0.380 e. The van der Waals surface area contributed by atoms with Crippen molar-refractivity contribution in [3.8, 4) is 0 Å². The highest BCUT2D eigenvalue weighted by Crippen LogP contribution is 2.37. The predicted molar refractivity (Wildman–Crippen MR) is 81.1 cm³/mol. The lowest BCUT2D eigenvalue weighted by molar-refractivity contribution is -0.129. The minimum absolute atomic E-state index is 0.00269. The number of amides is 1. The highest BCUT2D eigenvalue weighted by molar-refractivity contribution is 8.14. The van der Waals surface area contributed by atoms with Crippen molar-refractivity contribution in [2.75, 3.05) is 5.75 Å². The summed E-state index contributed by atoms with van der Waals surface area (Å²) >= 11 is 1.50. The van der Waals surface area contributed by atoms with E-state index in [1.165, 1.54) is 11.8 Å². The second kappa shape index (κ2) is 4.57. The molecule has 0 aromatic carbocycles. The molecule has 0 saturated heterocycles. The SMILES string of the molecule is O=C(NC1=NC(c2c[nH]c3ncccc23)CS1)C1(O)CC1. The molecular formula is C14H14N4O2S. The number of aliphatic hydroxyl groups is 1.